The molecule has 0 fully saturated rings. The maximum Gasteiger partial charge on any atom is 0.417 e. The Labute approximate surface area is 157 Å². The van der Waals surface area contributed by atoms with Gasteiger partial charge in [-0.3, -0.25) is 0 Å². The van der Waals surface area contributed by atoms with Crippen LogP contribution in [0.3, 0.4) is 0 Å². The van der Waals surface area contributed by atoms with Crippen molar-refractivity contribution < 1.29 is 21.6 Å². The number of aryl methyl sites for hydroxylation is 1. The van der Waals surface area contributed by atoms with Crippen LogP contribution in [0.4, 0.5) is 13.2 Å². The Morgan fingerprint density at radius 1 is 1.33 bits per heavy atom. The van der Waals surface area contributed by atoms with Gasteiger partial charge in [-0.15, -0.1) is 11.3 Å². The summed E-state index contributed by atoms with van der Waals surface area (Å²) in [5.41, 5.74) is -0.287. The lowest BCUT2D eigenvalue weighted by Gasteiger charge is -2.08. The molecular formula is C16H15F3N4O2S2. The van der Waals surface area contributed by atoms with Gasteiger partial charge in [-0.05, 0) is 12.1 Å². The summed E-state index contributed by atoms with van der Waals surface area (Å²) in [6, 6.07) is 0.904. The minimum absolute atomic E-state index is 0.0428. The van der Waals surface area contributed by atoms with Crippen LogP contribution in [-0.2, 0) is 23.1 Å². The van der Waals surface area contributed by atoms with Crippen molar-refractivity contribution in [2.24, 2.45) is 7.05 Å². The highest BCUT2D eigenvalue weighted by Crippen LogP contribution is 2.31. The number of fused-ring (bicyclic) bond motifs is 1. The molecule has 0 N–H and O–H groups in total. The van der Waals surface area contributed by atoms with Gasteiger partial charge in [0.1, 0.15) is 16.3 Å². The summed E-state index contributed by atoms with van der Waals surface area (Å²) >= 11 is 1.31. The third kappa shape index (κ3) is 4.19. The highest BCUT2D eigenvalue weighted by Gasteiger charge is 2.32. The van der Waals surface area contributed by atoms with E-state index in [4.69, 9.17) is 0 Å². The number of hydrogen-bond acceptors (Lipinski definition) is 6. The average Bonchev–Trinajstić information content (AvgIpc) is 3.21. The third-order valence-corrected chi connectivity index (χ3v) is 6.24. The van der Waals surface area contributed by atoms with Crippen molar-refractivity contribution in [2.75, 3.05) is 11.5 Å². The Hall–Kier alpha value is -2.27. The standard InChI is InChI=1S/C16H15F3N4O2S2/c1-3-27(24,25)9-10(6-13-20-4-5-26-13)14-22-12-7-11(16(17,18)19)8-21-15(12)23(14)2/h4-8H,3,9H2,1-2H3/b10-6+. The molecule has 6 nitrogen and oxygen atoms in total. The maximum absolute atomic E-state index is 12.9. The van der Waals surface area contributed by atoms with Crippen molar-refractivity contribution in [3.8, 4) is 0 Å². The molecule has 0 spiro atoms. The summed E-state index contributed by atoms with van der Waals surface area (Å²) < 4.78 is 64.6. The first-order chi connectivity index (χ1) is 12.6. The molecule has 27 heavy (non-hydrogen) atoms. The lowest BCUT2D eigenvalue weighted by atomic mass is 10.2. The van der Waals surface area contributed by atoms with Crippen LogP contribution in [0.15, 0.2) is 23.8 Å². The lowest BCUT2D eigenvalue weighted by Crippen LogP contribution is -2.12. The van der Waals surface area contributed by atoms with E-state index in [1.807, 2.05) is 0 Å². The van der Waals surface area contributed by atoms with Crippen molar-refractivity contribution in [1.29, 1.82) is 0 Å². The fraction of sp³-hybridized carbons (Fsp3) is 0.312. The van der Waals surface area contributed by atoms with Gasteiger partial charge >= 0.3 is 6.18 Å². The van der Waals surface area contributed by atoms with Crippen LogP contribution in [0.2, 0.25) is 0 Å². The predicted molar refractivity (Wildman–Crippen MR) is 97.8 cm³/mol. The largest absolute Gasteiger partial charge is 0.417 e. The smallest absolute Gasteiger partial charge is 0.312 e. The first kappa shape index (κ1) is 19.5. The number of thiazole rings is 1. The van der Waals surface area contributed by atoms with Crippen LogP contribution in [0.1, 0.15) is 23.3 Å². The molecule has 3 aromatic heterocycles. The summed E-state index contributed by atoms with van der Waals surface area (Å²) in [5, 5.41) is 2.32. The normalized spacial score (nSPS) is 13.4. The van der Waals surface area contributed by atoms with Gasteiger partial charge < -0.3 is 4.57 Å². The third-order valence-electron chi connectivity index (χ3n) is 3.89. The molecule has 3 heterocycles. The Bertz CT molecular complexity index is 1100. The summed E-state index contributed by atoms with van der Waals surface area (Å²) in [7, 11) is -1.82. The number of alkyl halides is 3. The molecule has 0 radical (unpaired) electrons. The van der Waals surface area contributed by atoms with Gasteiger partial charge in [0.25, 0.3) is 0 Å². The molecule has 0 aromatic carbocycles. The van der Waals surface area contributed by atoms with E-state index < -0.39 is 21.6 Å². The van der Waals surface area contributed by atoms with E-state index >= 15 is 0 Å². The molecule has 3 rings (SSSR count). The van der Waals surface area contributed by atoms with E-state index in [1.165, 1.54) is 22.8 Å². The Kier molecular flexibility index (Phi) is 5.08. The molecule has 0 amide bonds. The molecule has 0 unspecified atom stereocenters. The van der Waals surface area contributed by atoms with E-state index in [-0.39, 0.29) is 28.5 Å². The zero-order valence-electron chi connectivity index (χ0n) is 14.4. The molecule has 0 aliphatic heterocycles. The Morgan fingerprint density at radius 2 is 2.07 bits per heavy atom. The van der Waals surface area contributed by atoms with E-state index in [0.717, 1.165) is 12.3 Å². The van der Waals surface area contributed by atoms with Crippen molar-refractivity contribution in [2.45, 2.75) is 13.1 Å². The molecule has 144 valence electrons. The quantitative estimate of drug-likeness (QED) is 0.637. The van der Waals surface area contributed by atoms with Gasteiger partial charge in [0.2, 0.25) is 0 Å². The summed E-state index contributed by atoms with van der Waals surface area (Å²) in [4.78, 5) is 12.2. The van der Waals surface area contributed by atoms with Crippen molar-refractivity contribution in [3.63, 3.8) is 0 Å². The first-order valence-corrected chi connectivity index (χ1v) is 10.5. The lowest BCUT2D eigenvalue weighted by molar-refractivity contribution is -0.137. The van der Waals surface area contributed by atoms with Crippen LogP contribution in [0.25, 0.3) is 22.8 Å². The molecule has 0 bridgehead atoms. The molecule has 0 aliphatic rings. The number of rotatable bonds is 5. The SMILES string of the molecule is CCS(=O)(=O)C/C(=C\c1nccs1)c1nc2cc(C(F)(F)F)cnc2n1C. The number of pyridine rings is 1. The number of imidazole rings is 1. The number of aromatic nitrogens is 4. The molecule has 0 aliphatic carbocycles. The highest BCUT2D eigenvalue weighted by molar-refractivity contribution is 7.91. The van der Waals surface area contributed by atoms with Crippen LogP contribution < -0.4 is 0 Å². The summed E-state index contributed by atoms with van der Waals surface area (Å²) in [6.07, 6.45) is -0.636. The average molecular weight is 416 g/mol. The molecular weight excluding hydrogens is 401 g/mol. The van der Waals surface area contributed by atoms with Gasteiger partial charge in [0.05, 0.1) is 11.3 Å². The molecule has 0 saturated heterocycles. The second-order valence-corrected chi connectivity index (χ2v) is 9.05. The Balaban J connectivity index is 2.17. The van der Waals surface area contributed by atoms with Gasteiger partial charge in [-0.2, -0.15) is 13.2 Å². The van der Waals surface area contributed by atoms with Crippen molar-refractivity contribution in [1.82, 2.24) is 19.5 Å². The summed E-state index contributed by atoms with van der Waals surface area (Å²) in [5.74, 6) is -0.126. The second kappa shape index (κ2) is 7.04. The number of hydrogen-bond donors (Lipinski definition) is 0. The van der Waals surface area contributed by atoms with E-state index in [0.29, 0.717) is 10.6 Å². The fourth-order valence-electron chi connectivity index (χ4n) is 2.48. The van der Waals surface area contributed by atoms with E-state index in [1.54, 1.807) is 24.7 Å². The first-order valence-electron chi connectivity index (χ1n) is 7.81. The van der Waals surface area contributed by atoms with Gasteiger partial charge in [0.15, 0.2) is 15.5 Å². The van der Waals surface area contributed by atoms with Crippen LogP contribution in [-0.4, -0.2) is 39.4 Å². The van der Waals surface area contributed by atoms with E-state index in [9.17, 15) is 21.6 Å². The molecule has 11 heteroatoms. The minimum Gasteiger partial charge on any atom is -0.312 e. The van der Waals surface area contributed by atoms with Gasteiger partial charge in [0, 0.05) is 36.1 Å². The van der Waals surface area contributed by atoms with E-state index in [2.05, 4.69) is 15.0 Å². The van der Waals surface area contributed by atoms with Crippen LogP contribution >= 0.6 is 11.3 Å². The fourth-order valence-corrected chi connectivity index (χ4v) is 3.97. The number of nitrogens with zero attached hydrogens (tertiary/aromatic N) is 4. The van der Waals surface area contributed by atoms with Crippen molar-refractivity contribution in [3.05, 3.63) is 40.2 Å². The summed E-state index contributed by atoms with van der Waals surface area (Å²) in [6.45, 7) is 1.53. The monoisotopic (exact) mass is 416 g/mol. The number of sulfone groups is 1. The highest BCUT2D eigenvalue weighted by atomic mass is 32.2. The topological polar surface area (TPSA) is 77.7 Å². The minimum atomic E-state index is -4.54. The molecule has 0 saturated carbocycles. The molecule has 3 aromatic rings. The van der Waals surface area contributed by atoms with Gasteiger partial charge in [-0.1, -0.05) is 6.92 Å². The predicted octanol–water partition coefficient (Wildman–Crippen LogP) is 3.42. The van der Waals surface area contributed by atoms with Crippen molar-refractivity contribution >= 4 is 44.0 Å². The van der Waals surface area contributed by atoms with Crippen LogP contribution in [0, 0.1) is 0 Å². The number of halogens is 3. The maximum atomic E-state index is 12.9. The molecule has 0 atom stereocenters. The van der Waals surface area contributed by atoms with Gasteiger partial charge in [-0.25, -0.2) is 23.4 Å². The second-order valence-electron chi connectivity index (χ2n) is 5.78. The van der Waals surface area contributed by atoms with Crippen LogP contribution in [0.5, 0.6) is 0 Å². The zero-order valence-corrected chi connectivity index (χ0v) is 16.0. The zero-order chi connectivity index (χ0) is 19.8. The Morgan fingerprint density at radius 3 is 2.67 bits per heavy atom.